The van der Waals surface area contributed by atoms with Gasteiger partial charge in [-0.1, -0.05) is 18.2 Å². The topological polar surface area (TPSA) is 86.2 Å². The number of hydrogen-bond donors (Lipinski definition) is 1. The van der Waals surface area contributed by atoms with Crippen LogP contribution in [0.3, 0.4) is 0 Å². The van der Waals surface area contributed by atoms with Gasteiger partial charge in [0.05, 0.1) is 6.21 Å². The molecule has 0 fully saturated rings. The number of imidazole rings is 1. The second-order valence-electron chi connectivity index (χ2n) is 5.63. The quantitative estimate of drug-likeness (QED) is 0.423. The fraction of sp³-hybridized carbons (Fsp3) is 0.176. The maximum absolute atomic E-state index is 12.9. The molecule has 3 rings (SSSR count). The molecule has 0 spiro atoms. The van der Waals surface area contributed by atoms with Gasteiger partial charge in [-0.3, -0.25) is 18.5 Å². The third-order valence-electron chi connectivity index (χ3n) is 3.91. The van der Waals surface area contributed by atoms with Gasteiger partial charge in [0.15, 0.2) is 11.2 Å². The molecule has 0 radical (unpaired) electrons. The summed E-state index contributed by atoms with van der Waals surface area (Å²) in [4.78, 5) is 28.9. The monoisotopic (exact) mass is 356 g/mol. The summed E-state index contributed by atoms with van der Waals surface area (Å²) in [6.07, 6.45) is 3.11. The molecule has 3 aromatic rings. The van der Waals surface area contributed by atoms with Crippen molar-refractivity contribution in [1.29, 1.82) is 0 Å². The maximum atomic E-state index is 12.9. The molecule has 2 aromatic heterocycles. The van der Waals surface area contributed by atoms with E-state index >= 15 is 0 Å². The Morgan fingerprint density at radius 3 is 2.58 bits per heavy atom. The number of aromatic nitrogens is 4. The number of anilines is 1. The number of halogens is 1. The Kier molecular flexibility index (Phi) is 4.53. The van der Waals surface area contributed by atoms with Gasteiger partial charge in [0.2, 0.25) is 5.95 Å². The lowest BCUT2D eigenvalue weighted by atomic mass is 10.2. The molecule has 1 aromatic carbocycles. The Morgan fingerprint density at radius 1 is 1.23 bits per heavy atom. The molecule has 0 aliphatic rings. The van der Waals surface area contributed by atoms with Crippen molar-refractivity contribution in [1.82, 2.24) is 18.7 Å². The van der Waals surface area contributed by atoms with E-state index in [2.05, 4.69) is 22.1 Å². The van der Waals surface area contributed by atoms with Crippen LogP contribution in [0.15, 0.2) is 51.6 Å². The van der Waals surface area contributed by atoms with Crippen molar-refractivity contribution in [2.24, 2.45) is 19.2 Å². The highest BCUT2D eigenvalue weighted by atomic mass is 19.1. The number of nitrogens with one attached hydrogen (secondary N) is 1. The van der Waals surface area contributed by atoms with Crippen molar-refractivity contribution >= 4 is 23.3 Å². The smallest absolute Gasteiger partial charge is 0.299 e. The Hall–Kier alpha value is -3.49. The molecular weight excluding hydrogens is 339 g/mol. The zero-order valence-corrected chi connectivity index (χ0v) is 14.3. The first kappa shape index (κ1) is 17.3. The predicted octanol–water partition coefficient (Wildman–Crippen LogP) is 1.20. The van der Waals surface area contributed by atoms with E-state index in [1.165, 1.54) is 30.0 Å². The minimum atomic E-state index is -0.466. The van der Waals surface area contributed by atoms with Crippen LogP contribution >= 0.6 is 0 Å². The van der Waals surface area contributed by atoms with E-state index in [0.717, 1.165) is 4.57 Å². The molecular formula is C17H17FN6O2. The number of nitrogens with zero attached hydrogens (tertiary/aromatic N) is 5. The lowest BCUT2D eigenvalue weighted by Gasteiger charge is -2.06. The number of hydrazone groups is 1. The number of fused-ring (bicyclic) bond motifs is 1. The molecule has 0 aliphatic carbocycles. The van der Waals surface area contributed by atoms with Gasteiger partial charge in [0.25, 0.3) is 5.56 Å². The van der Waals surface area contributed by atoms with Crippen molar-refractivity contribution in [2.45, 2.75) is 6.54 Å². The summed E-state index contributed by atoms with van der Waals surface area (Å²) in [5.74, 6) is -0.0452. The van der Waals surface area contributed by atoms with Gasteiger partial charge in [-0.15, -0.1) is 6.58 Å². The molecule has 8 nitrogen and oxygen atoms in total. The van der Waals surface area contributed by atoms with Crippen LogP contribution in [0.2, 0.25) is 0 Å². The Bertz CT molecular complexity index is 1120. The van der Waals surface area contributed by atoms with Crippen LogP contribution in [0, 0.1) is 5.82 Å². The van der Waals surface area contributed by atoms with Gasteiger partial charge < -0.3 is 0 Å². The molecule has 2 heterocycles. The Labute approximate surface area is 147 Å². The highest BCUT2D eigenvalue weighted by molar-refractivity contribution is 5.80. The average Bonchev–Trinajstić information content (AvgIpc) is 2.99. The number of rotatable bonds is 5. The van der Waals surface area contributed by atoms with Crippen molar-refractivity contribution in [3.8, 4) is 0 Å². The maximum Gasteiger partial charge on any atom is 0.332 e. The van der Waals surface area contributed by atoms with Gasteiger partial charge in [0.1, 0.15) is 5.82 Å². The molecule has 0 bridgehead atoms. The minimum absolute atomic E-state index is 0.249. The molecule has 26 heavy (non-hydrogen) atoms. The summed E-state index contributed by atoms with van der Waals surface area (Å²) < 4.78 is 16.8. The number of hydrogen-bond acceptors (Lipinski definition) is 5. The van der Waals surface area contributed by atoms with Crippen LogP contribution in [0.4, 0.5) is 10.3 Å². The summed E-state index contributed by atoms with van der Waals surface area (Å²) in [6.45, 7) is 3.99. The van der Waals surface area contributed by atoms with Gasteiger partial charge in [-0.25, -0.2) is 14.6 Å². The van der Waals surface area contributed by atoms with Gasteiger partial charge in [-0.05, 0) is 17.7 Å². The minimum Gasteiger partial charge on any atom is -0.299 e. The van der Waals surface area contributed by atoms with Crippen molar-refractivity contribution in [3.05, 3.63) is 69.1 Å². The summed E-state index contributed by atoms with van der Waals surface area (Å²) in [5, 5.41) is 4.07. The van der Waals surface area contributed by atoms with E-state index in [9.17, 15) is 14.0 Å². The molecule has 1 N–H and O–H groups in total. The Balaban J connectivity index is 2.06. The van der Waals surface area contributed by atoms with E-state index < -0.39 is 11.2 Å². The van der Waals surface area contributed by atoms with Gasteiger partial charge in [-0.2, -0.15) is 10.1 Å². The second-order valence-corrected chi connectivity index (χ2v) is 5.63. The zero-order valence-electron chi connectivity index (χ0n) is 14.3. The van der Waals surface area contributed by atoms with E-state index in [-0.39, 0.29) is 22.9 Å². The molecule has 0 atom stereocenters. The van der Waals surface area contributed by atoms with Gasteiger partial charge in [0, 0.05) is 20.6 Å². The molecule has 0 saturated carbocycles. The number of aryl methyl sites for hydroxylation is 1. The third-order valence-corrected chi connectivity index (χ3v) is 3.91. The van der Waals surface area contributed by atoms with E-state index in [4.69, 9.17) is 0 Å². The lowest BCUT2D eigenvalue weighted by Crippen LogP contribution is -2.37. The Morgan fingerprint density at radius 2 is 1.92 bits per heavy atom. The average molecular weight is 356 g/mol. The summed E-state index contributed by atoms with van der Waals surface area (Å²) in [5.41, 5.74) is 3.05. The predicted molar refractivity (Wildman–Crippen MR) is 98.0 cm³/mol. The second kappa shape index (κ2) is 6.79. The fourth-order valence-electron chi connectivity index (χ4n) is 2.55. The van der Waals surface area contributed by atoms with Crippen molar-refractivity contribution < 1.29 is 4.39 Å². The molecule has 0 amide bonds. The summed E-state index contributed by atoms with van der Waals surface area (Å²) >= 11 is 0. The molecule has 9 heteroatoms. The largest absolute Gasteiger partial charge is 0.332 e. The molecule has 0 unspecified atom stereocenters. The SMILES string of the molecule is C=CCn1c(N/N=C\c2ccc(F)cc2)nc2c1c(=O)n(C)c(=O)n2C. The molecule has 0 aliphatic heterocycles. The normalized spacial score (nSPS) is 11.3. The lowest BCUT2D eigenvalue weighted by molar-refractivity contribution is 0.628. The van der Waals surface area contributed by atoms with Crippen LogP contribution in [-0.2, 0) is 20.6 Å². The van der Waals surface area contributed by atoms with Crippen molar-refractivity contribution in [2.75, 3.05) is 5.43 Å². The fourth-order valence-corrected chi connectivity index (χ4v) is 2.55. The summed E-state index contributed by atoms with van der Waals surface area (Å²) in [6, 6.07) is 5.81. The number of allylic oxidation sites excluding steroid dienone is 1. The third kappa shape index (κ3) is 2.94. The highest BCUT2D eigenvalue weighted by Crippen LogP contribution is 2.15. The highest BCUT2D eigenvalue weighted by Gasteiger charge is 2.18. The van der Waals surface area contributed by atoms with E-state index in [1.807, 2.05) is 0 Å². The summed E-state index contributed by atoms with van der Waals surface area (Å²) in [7, 11) is 2.95. The number of benzene rings is 1. The van der Waals surface area contributed by atoms with E-state index in [1.54, 1.807) is 29.8 Å². The van der Waals surface area contributed by atoms with Crippen LogP contribution < -0.4 is 16.7 Å². The first-order valence-electron chi connectivity index (χ1n) is 7.76. The van der Waals surface area contributed by atoms with Crippen LogP contribution in [0.5, 0.6) is 0 Å². The standard InChI is InChI=1S/C17H17FN6O2/c1-4-9-24-13-14(22(2)17(26)23(3)15(13)25)20-16(24)21-19-10-11-5-7-12(18)8-6-11/h4-8,10H,1,9H2,2-3H3,(H,20,21)/b19-10-. The van der Waals surface area contributed by atoms with Crippen LogP contribution in [0.1, 0.15) is 5.56 Å². The first-order valence-corrected chi connectivity index (χ1v) is 7.76. The van der Waals surface area contributed by atoms with Gasteiger partial charge >= 0.3 is 5.69 Å². The van der Waals surface area contributed by atoms with Crippen LogP contribution in [0.25, 0.3) is 11.2 Å². The van der Waals surface area contributed by atoms with Crippen molar-refractivity contribution in [3.63, 3.8) is 0 Å². The van der Waals surface area contributed by atoms with E-state index in [0.29, 0.717) is 12.1 Å². The molecule has 134 valence electrons. The first-order chi connectivity index (χ1) is 12.4. The van der Waals surface area contributed by atoms with Crippen LogP contribution in [-0.4, -0.2) is 24.9 Å². The zero-order chi connectivity index (χ0) is 18.8. The molecule has 0 saturated heterocycles.